The van der Waals surface area contributed by atoms with Crippen molar-refractivity contribution in [2.45, 2.75) is 46.6 Å². The van der Waals surface area contributed by atoms with Gasteiger partial charge in [-0.1, -0.05) is 39.8 Å². The van der Waals surface area contributed by atoms with Gasteiger partial charge in [0, 0.05) is 6.04 Å². The number of hydrogen-bond acceptors (Lipinski definition) is 2. The molecule has 0 heterocycles. The average molecular weight is 227 g/mol. The molecule has 0 aromatic heterocycles. The summed E-state index contributed by atoms with van der Waals surface area (Å²) in [5, 5.41) is 9.02. The number of nitrogens with two attached hydrogens (primary N) is 1. The summed E-state index contributed by atoms with van der Waals surface area (Å²) in [5.41, 5.74) is 5.87. The van der Waals surface area contributed by atoms with Gasteiger partial charge in [-0.15, -0.1) is 0 Å². The summed E-state index contributed by atoms with van der Waals surface area (Å²) in [6.07, 6.45) is 5.14. The van der Waals surface area contributed by atoms with Crippen molar-refractivity contribution in [2.75, 3.05) is 0 Å². The van der Waals surface area contributed by atoms with E-state index in [-0.39, 0.29) is 6.04 Å². The fraction of sp³-hybridized carbons (Fsp3) is 0.769. The SMILES string of the molecule is CC(C)C[C@H](N)/C=C\[C@H](CC(C)C)C(=O)O. The maximum absolute atomic E-state index is 11.0. The molecule has 0 bridgehead atoms. The van der Waals surface area contributed by atoms with Gasteiger partial charge in [-0.3, -0.25) is 4.79 Å². The van der Waals surface area contributed by atoms with Crippen molar-refractivity contribution in [1.82, 2.24) is 0 Å². The second-order valence-corrected chi connectivity index (χ2v) is 5.25. The monoisotopic (exact) mass is 227 g/mol. The van der Waals surface area contributed by atoms with Crippen LogP contribution in [0.25, 0.3) is 0 Å². The van der Waals surface area contributed by atoms with Gasteiger partial charge in [0.05, 0.1) is 5.92 Å². The number of carboxylic acids is 1. The normalized spacial score (nSPS) is 15.9. The molecule has 0 fully saturated rings. The maximum atomic E-state index is 11.0. The summed E-state index contributed by atoms with van der Waals surface area (Å²) in [7, 11) is 0. The smallest absolute Gasteiger partial charge is 0.310 e. The highest BCUT2D eigenvalue weighted by molar-refractivity contribution is 5.72. The topological polar surface area (TPSA) is 63.3 Å². The van der Waals surface area contributed by atoms with Gasteiger partial charge in [0.15, 0.2) is 0 Å². The van der Waals surface area contributed by atoms with Crippen LogP contribution < -0.4 is 5.73 Å². The van der Waals surface area contributed by atoms with Crippen molar-refractivity contribution in [3.8, 4) is 0 Å². The van der Waals surface area contributed by atoms with Crippen LogP contribution >= 0.6 is 0 Å². The first-order chi connectivity index (χ1) is 7.32. The van der Waals surface area contributed by atoms with Crippen LogP contribution in [0.3, 0.4) is 0 Å². The van der Waals surface area contributed by atoms with Gasteiger partial charge in [0.25, 0.3) is 0 Å². The predicted octanol–water partition coefficient (Wildman–Crippen LogP) is 2.66. The van der Waals surface area contributed by atoms with Crippen molar-refractivity contribution in [3.63, 3.8) is 0 Å². The fourth-order valence-corrected chi connectivity index (χ4v) is 1.67. The second kappa shape index (κ2) is 7.44. The van der Waals surface area contributed by atoms with Crippen LogP contribution in [-0.4, -0.2) is 17.1 Å². The van der Waals surface area contributed by atoms with Crippen molar-refractivity contribution < 1.29 is 9.90 Å². The quantitative estimate of drug-likeness (QED) is 0.657. The van der Waals surface area contributed by atoms with E-state index >= 15 is 0 Å². The molecule has 0 spiro atoms. The summed E-state index contributed by atoms with van der Waals surface area (Å²) in [6, 6.07) is -0.0333. The molecule has 0 saturated heterocycles. The van der Waals surface area contributed by atoms with Gasteiger partial charge in [0.2, 0.25) is 0 Å². The molecule has 0 aliphatic carbocycles. The first-order valence-corrected chi connectivity index (χ1v) is 5.99. The Morgan fingerprint density at radius 2 is 1.62 bits per heavy atom. The minimum absolute atomic E-state index is 0.0333. The Hall–Kier alpha value is -0.830. The zero-order chi connectivity index (χ0) is 12.7. The van der Waals surface area contributed by atoms with E-state index in [0.29, 0.717) is 18.3 Å². The molecular formula is C13H25NO2. The van der Waals surface area contributed by atoms with Gasteiger partial charge in [-0.05, 0) is 24.7 Å². The molecule has 0 rings (SSSR count). The first-order valence-electron chi connectivity index (χ1n) is 5.99. The zero-order valence-corrected chi connectivity index (χ0v) is 10.8. The fourth-order valence-electron chi connectivity index (χ4n) is 1.67. The number of aliphatic carboxylic acids is 1. The zero-order valence-electron chi connectivity index (χ0n) is 10.8. The van der Waals surface area contributed by atoms with E-state index in [1.54, 1.807) is 6.08 Å². The summed E-state index contributed by atoms with van der Waals surface area (Å²) < 4.78 is 0. The van der Waals surface area contributed by atoms with Crippen molar-refractivity contribution >= 4 is 5.97 Å². The molecule has 3 N–H and O–H groups in total. The van der Waals surface area contributed by atoms with Gasteiger partial charge in [-0.25, -0.2) is 0 Å². The Balaban J connectivity index is 4.27. The molecule has 3 heteroatoms. The van der Waals surface area contributed by atoms with Crippen molar-refractivity contribution in [1.29, 1.82) is 0 Å². The predicted molar refractivity (Wildman–Crippen MR) is 67.2 cm³/mol. The van der Waals surface area contributed by atoms with Gasteiger partial charge in [-0.2, -0.15) is 0 Å². The van der Waals surface area contributed by atoms with Crippen LogP contribution in [0, 0.1) is 17.8 Å². The number of carbonyl (C=O) groups is 1. The number of rotatable bonds is 7. The van der Waals surface area contributed by atoms with Gasteiger partial charge >= 0.3 is 5.97 Å². The lowest BCUT2D eigenvalue weighted by atomic mass is 9.95. The number of carboxylic acid groups (broad SMARTS) is 1. The molecular weight excluding hydrogens is 202 g/mol. The average Bonchev–Trinajstić information content (AvgIpc) is 2.09. The summed E-state index contributed by atoms with van der Waals surface area (Å²) >= 11 is 0. The Morgan fingerprint density at radius 1 is 1.12 bits per heavy atom. The largest absolute Gasteiger partial charge is 0.481 e. The van der Waals surface area contributed by atoms with Crippen LogP contribution in [0.5, 0.6) is 0 Å². The van der Waals surface area contributed by atoms with Crippen LogP contribution in [0.2, 0.25) is 0 Å². The second-order valence-electron chi connectivity index (χ2n) is 5.25. The van der Waals surface area contributed by atoms with E-state index in [0.717, 1.165) is 6.42 Å². The minimum atomic E-state index is -0.762. The molecule has 0 aromatic rings. The molecule has 0 unspecified atom stereocenters. The van der Waals surface area contributed by atoms with Gasteiger partial charge in [0.1, 0.15) is 0 Å². The molecule has 3 nitrogen and oxygen atoms in total. The van der Waals surface area contributed by atoms with Crippen LogP contribution in [0.4, 0.5) is 0 Å². The Bertz CT molecular complexity index is 234. The van der Waals surface area contributed by atoms with E-state index in [1.807, 2.05) is 19.9 Å². The molecule has 2 atom stereocenters. The van der Waals surface area contributed by atoms with Crippen LogP contribution in [-0.2, 0) is 4.79 Å². The third-order valence-corrected chi connectivity index (χ3v) is 2.38. The lowest BCUT2D eigenvalue weighted by Crippen LogP contribution is -2.21. The van der Waals surface area contributed by atoms with Crippen LogP contribution in [0.1, 0.15) is 40.5 Å². The third kappa shape index (κ3) is 7.46. The van der Waals surface area contributed by atoms with Crippen molar-refractivity contribution in [3.05, 3.63) is 12.2 Å². The van der Waals surface area contributed by atoms with E-state index < -0.39 is 11.9 Å². The standard InChI is InChI=1S/C13H25NO2/c1-9(2)7-11(13(15)16)5-6-12(14)8-10(3)4/h5-6,9-12H,7-8,14H2,1-4H3,(H,15,16)/b6-5-/t11-,12-/m1/s1. The van der Waals surface area contributed by atoms with E-state index in [9.17, 15) is 4.79 Å². The number of hydrogen-bond donors (Lipinski definition) is 2. The summed E-state index contributed by atoms with van der Waals surface area (Å²) in [6.45, 7) is 8.27. The molecule has 0 amide bonds. The molecule has 94 valence electrons. The summed E-state index contributed by atoms with van der Waals surface area (Å²) in [5.74, 6) is -0.250. The van der Waals surface area contributed by atoms with E-state index in [4.69, 9.17) is 10.8 Å². The molecule has 0 saturated carbocycles. The highest BCUT2D eigenvalue weighted by Crippen LogP contribution is 2.14. The third-order valence-electron chi connectivity index (χ3n) is 2.38. The highest BCUT2D eigenvalue weighted by Gasteiger charge is 2.15. The molecule has 0 aliphatic heterocycles. The molecule has 0 aliphatic rings. The lowest BCUT2D eigenvalue weighted by molar-refractivity contribution is -0.140. The van der Waals surface area contributed by atoms with Crippen molar-refractivity contribution in [2.24, 2.45) is 23.5 Å². The first kappa shape index (κ1) is 15.2. The maximum Gasteiger partial charge on any atom is 0.310 e. The van der Waals surface area contributed by atoms with Gasteiger partial charge < -0.3 is 10.8 Å². The molecule has 0 aromatic carbocycles. The minimum Gasteiger partial charge on any atom is -0.481 e. The van der Waals surface area contributed by atoms with E-state index in [1.165, 1.54) is 0 Å². The lowest BCUT2D eigenvalue weighted by Gasteiger charge is -2.13. The van der Waals surface area contributed by atoms with Crippen LogP contribution in [0.15, 0.2) is 12.2 Å². The van der Waals surface area contributed by atoms with E-state index in [2.05, 4.69) is 13.8 Å². The Labute approximate surface area is 98.7 Å². The Kier molecular flexibility index (Phi) is 7.06. The highest BCUT2D eigenvalue weighted by atomic mass is 16.4. The molecule has 16 heavy (non-hydrogen) atoms. The summed E-state index contributed by atoms with van der Waals surface area (Å²) in [4.78, 5) is 11.0. The molecule has 0 radical (unpaired) electrons. The Morgan fingerprint density at radius 3 is 2.00 bits per heavy atom.